The van der Waals surface area contributed by atoms with Crippen LogP contribution in [0.15, 0.2) is 152 Å². The zero-order valence-corrected chi connectivity index (χ0v) is 33.5. The average molecular weight is 858 g/mol. The molecule has 0 unspecified atom stereocenters. The first kappa shape index (κ1) is 36.7. The summed E-state index contributed by atoms with van der Waals surface area (Å²) < 4.78 is 99.6. The van der Waals surface area contributed by atoms with Crippen molar-refractivity contribution in [2.24, 2.45) is 0 Å². The van der Waals surface area contributed by atoms with Crippen LogP contribution in [0.25, 0.3) is 106 Å². The maximum absolute atomic E-state index is 15.4. The molecule has 12 aromatic rings. The van der Waals surface area contributed by atoms with E-state index in [2.05, 4.69) is 6.07 Å². The number of nitriles is 1. The molecule has 3 nitrogen and oxygen atoms in total. The first-order valence-electron chi connectivity index (χ1n) is 19.5. The number of fused-ring (bicyclic) bond motifs is 14. The summed E-state index contributed by atoms with van der Waals surface area (Å²) in [7, 11) is 0. The SMILES string of the molecule is N#Cc1cc(-n2c3ccccc3c3ccc4c5ccccc5sc4c32)c(-c2c(C(F)(F)F)cccc2C(F)(F)F)cc1-n1c2ccccc2c2ccc3c4ccccc4sc3c21. The largest absolute Gasteiger partial charge is 0.417 e. The van der Waals surface area contributed by atoms with Gasteiger partial charge in [-0.2, -0.15) is 31.6 Å². The fourth-order valence-electron chi connectivity index (χ4n) is 9.51. The molecule has 0 aliphatic rings. The minimum atomic E-state index is -5.18. The second-order valence-corrected chi connectivity index (χ2v) is 17.4. The van der Waals surface area contributed by atoms with Crippen LogP contribution < -0.4 is 0 Å². The third-order valence-corrected chi connectivity index (χ3v) is 14.4. The van der Waals surface area contributed by atoms with Crippen molar-refractivity contribution in [2.75, 3.05) is 0 Å². The van der Waals surface area contributed by atoms with Crippen molar-refractivity contribution in [1.82, 2.24) is 9.13 Å². The van der Waals surface area contributed by atoms with Crippen molar-refractivity contribution in [3.8, 4) is 28.6 Å². The quantitative estimate of drug-likeness (QED) is 0.163. The van der Waals surface area contributed by atoms with Crippen LogP contribution >= 0.6 is 22.7 Å². The third kappa shape index (κ3) is 5.11. The van der Waals surface area contributed by atoms with E-state index >= 15 is 26.3 Å². The van der Waals surface area contributed by atoms with Crippen molar-refractivity contribution in [1.29, 1.82) is 5.26 Å². The number of halogens is 6. The molecule has 0 amide bonds. The highest BCUT2D eigenvalue weighted by Gasteiger charge is 2.42. The zero-order valence-electron chi connectivity index (χ0n) is 31.9. The summed E-state index contributed by atoms with van der Waals surface area (Å²) in [4.78, 5) is 0. The summed E-state index contributed by atoms with van der Waals surface area (Å²) in [6.07, 6.45) is -10.4. The second-order valence-electron chi connectivity index (χ2n) is 15.3. The fourth-order valence-corrected chi connectivity index (χ4v) is 12.0. The van der Waals surface area contributed by atoms with Crippen LogP contribution in [0, 0.1) is 11.3 Å². The Bertz CT molecular complexity index is 3900. The number of nitrogens with zero attached hydrogens (tertiary/aromatic N) is 3. The highest BCUT2D eigenvalue weighted by atomic mass is 32.1. The second kappa shape index (κ2) is 12.9. The van der Waals surface area contributed by atoms with Crippen LogP contribution in [0.1, 0.15) is 16.7 Å². The molecular formula is C51H25F6N3S2. The van der Waals surface area contributed by atoms with E-state index in [4.69, 9.17) is 0 Å². The first-order valence-corrected chi connectivity index (χ1v) is 21.2. The summed E-state index contributed by atoms with van der Waals surface area (Å²) in [6.45, 7) is 0. The lowest BCUT2D eigenvalue weighted by Crippen LogP contribution is -2.15. The van der Waals surface area contributed by atoms with Gasteiger partial charge in [-0.05, 0) is 48.5 Å². The van der Waals surface area contributed by atoms with E-state index in [1.165, 1.54) is 23.5 Å². The topological polar surface area (TPSA) is 33.6 Å². The molecule has 4 heterocycles. The maximum Gasteiger partial charge on any atom is 0.417 e. The molecule has 8 aromatic carbocycles. The minimum Gasteiger partial charge on any atom is -0.307 e. The molecule has 0 saturated carbocycles. The first-order chi connectivity index (χ1) is 30.0. The molecule has 0 spiro atoms. The highest BCUT2D eigenvalue weighted by Crippen LogP contribution is 2.51. The molecule has 0 atom stereocenters. The van der Waals surface area contributed by atoms with Gasteiger partial charge in [0.1, 0.15) is 6.07 Å². The smallest absolute Gasteiger partial charge is 0.307 e. The van der Waals surface area contributed by atoms with Gasteiger partial charge in [0, 0.05) is 63.6 Å². The maximum atomic E-state index is 15.4. The van der Waals surface area contributed by atoms with Crippen LogP contribution in [-0.2, 0) is 12.4 Å². The monoisotopic (exact) mass is 857 g/mol. The molecular weight excluding hydrogens is 833 g/mol. The Morgan fingerprint density at radius 3 is 1.35 bits per heavy atom. The van der Waals surface area contributed by atoms with Crippen molar-refractivity contribution >= 4 is 107 Å². The number of hydrogen-bond acceptors (Lipinski definition) is 3. The summed E-state index contributed by atoms with van der Waals surface area (Å²) in [6, 6.07) is 46.0. The van der Waals surface area contributed by atoms with Crippen molar-refractivity contribution < 1.29 is 26.3 Å². The number of alkyl halides is 6. The average Bonchev–Trinajstić information content (AvgIpc) is 4.03. The van der Waals surface area contributed by atoms with E-state index in [1.54, 1.807) is 22.0 Å². The van der Waals surface area contributed by atoms with Gasteiger partial charge < -0.3 is 9.13 Å². The van der Waals surface area contributed by atoms with Gasteiger partial charge in [-0.3, -0.25) is 0 Å². The van der Waals surface area contributed by atoms with E-state index in [9.17, 15) is 5.26 Å². The van der Waals surface area contributed by atoms with Gasteiger partial charge in [-0.25, -0.2) is 0 Å². The van der Waals surface area contributed by atoms with Gasteiger partial charge in [0.05, 0.1) is 59.5 Å². The van der Waals surface area contributed by atoms with Crippen LogP contribution in [0.3, 0.4) is 0 Å². The molecule has 0 radical (unpaired) electrons. The van der Waals surface area contributed by atoms with E-state index in [-0.39, 0.29) is 22.5 Å². The molecule has 4 aromatic heterocycles. The van der Waals surface area contributed by atoms with Crippen LogP contribution in [0.4, 0.5) is 26.3 Å². The Hall–Kier alpha value is -7.13. The lowest BCUT2D eigenvalue weighted by Gasteiger charge is -2.24. The molecule has 0 aliphatic heterocycles. The Balaban J connectivity index is 1.31. The minimum absolute atomic E-state index is 0.0106. The lowest BCUT2D eigenvalue weighted by atomic mass is 9.90. The molecule has 298 valence electrons. The van der Waals surface area contributed by atoms with Crippen molar-refractivity contribution in [2.45, 2.75) is 12.4 Å². The molecule has 0 fully saturated rings. The lowest BCUT2D eigenvalue weighted by molar-refractivity contribution is -0.142. The summed E-state index contributed by atoms with van der Waals surface area (Å²) in [5, 5.41) is 18.2. The van der Waals surface area contributed by atoms with Gasteiger partial charge >= 0.3 is 12.4 Å². The van der Waals surface area contributed by atoms with Gasteiger partial charge in [0.2, 0.25) is 0 Å². The molecule has 0 saturated heterocycles. The molecule has 62 heavy (non-hydrogen) atoms. The molecule has 0 aliphatic carbocycles. The summed E-state index contributed by atoms with van der Waals surface area (Å²) >= 11 is 3.04. The Labute approximate surface area is 355 Å². The highest BCUT2D eigenvalue weighted by molar-refractivity contribution is 7.27. The van der Waals surface area contributed by atoms with E-state index in [1.807, 2.05) is 120 Å². The van der Waals surface area contributed by atoms with Crippen LogP contribution in [-0.4, -0.2) is 9.13 Å². The molecule has 0 bridgehead atoms. The van der Waals surface area contributed by atoms with E-state index < -0.39 is 29.0 Å². The van der Waals surface area contributed by atoms with Gasteiger partial charge in [0.25, 0.3) is 0 Å². The number of rotatable bonds is 3. The van der Waals surface area contributed by atoms with Crippen molar-refractivity contribution in [3.05, 3.63) is 168 Å². The predicted molar refractivity (Wildman–Crippen MR) is 241 cm³/mol. The summed E-state index contributed by atoms with van der Waals surface area (Å²) in [5.41, 5.74) is -1.47. The Kier molecular flexibility index (Phi) is 7.66. The summed E-state index contributed by atoms with van der Waals surface area (Å²) in [5.74, 6) is 0. The van der Waals surface area contributed by atoms with Gasteiger partial charge in [0.15, 0.2) is 0 Å². The zero-order chi connectivity index (χ0) is 42.2. The van der Waals surface area contributed by atoms with Crippen LogP contribution in [0.2, 0.25) is 0 Å². The fraction of sp³-hybridized carbons (Fsp3) is 0.0392. The number of thiophene rings is 2. The number of hydrogen-bond donors (Lipinski definition) is 0. The standard InChI is InChI=1S/C51H25F6N3S2/c52-50(53,54)37-14-9-15-38(51(55,56)57)45(37)36-25-41(59-39-16-5-1-10-28(39)32-20-22-34-30-12-3-7-18-43(30)61-48(34)46(32)59)27(26-58)24-42(36)60-40-17-6-2-11-29(40)33-21-23-35-31-13-4-8-19-44(31)62-49(35)47(33)60/h1-25H. The van der Waals surface area contributed by atoms with Gasteiger partial charge in [-0.15, -0.1) is 22.7 Å². The van der Waals surface area contributed by atoms with Crippen molar-refractivity contribution in [3.63, 3.8) is 0 Å². The predicted octanol–water partition coefficient (Wildman–Crippen LogP) is 16.2. The third-order valence-electron chi connectivity index (χ3n) is 12.0. The Morgan fingerprint density at radius 2 is 0.871 bits per heavy atom. The number of benzene rings is 8. The Morgan fingerprint density at radius 1 is 0.435 bits per heavy atom. The van der Waals surface area contributed by atoms with E-state index in [0.29, 0.717) is 34.2 Å². The number of para-hydroxylation sites is 2. The van der Waals surface area contributed by atoms with E-state index in [0.717, 1.165) is 68.0 Å². The normalized spacial score (nSPS) is 12.7. The molecule has 11 heteroatoms. The van der Waals surface area contributed by atoms with Gasteiger partial charge in [-0.1, -0.05) is 103 Å². The molecule has 0 N–H and O–H groups in total. The van der Waals surface area contributed by atoms with Crippen LogP contribution in [0.5, 0.6) is 0 Å². The molecule has 12 rings (SSSR count). The number of aromatic nitrogens is 2.